The topological polar surface area (TPSA) is 47.6 Å². The van der Waals surface area contributed by atoms with E-state index in [0.717, 1.165) is 17.7 Å². The second kappa shape index (κ2) is 8.85. The second-order valence-corrected chi connectivity index (χ2v) is 4.90. The molecule has 0 aromatic heterocycles. The molecular weight excluding hydrogens is 278 g/mol. The lowest BCUT2D eigenvalue weighted by molar-refractivity contribution is -0.123. The maximum absolute atomic E-state index is 11.7. The SMILES string of the molecule is COCCNC(=O)COc1ccccc1Cc1ccccc1. The Morgan fingerprint density at radius 3 is 2.55 bits per heavy atom. The Bertz CT molecular complexity index is 584. The van der Waals surface area contributed by atoms with Crippen molar-refractivity contribution in [3.63, 3.8) is 0 Å². The third-order valence-electron chi connectivity index (χ3n) is 3.20. The van der Waals surface area contributed by atoms with Crippen molar-refractivity contribution in [2.45, 2.75) is 6.42 Å². The first kappa shape index (κ1) is 16.0. The molecule has 2 aromatic carbocycles. The third kappa shape index (κ3) is 5.22. The summed E-state index contributed by atoms with van der Waals surface area (Å²) in [6, 6.07) is 18.0. The molecule has 0 radical (unpaired) electrons. The van der Waals surface area contributed by atoms with Gasteiger partial charge < -0.3 is 14.8 Å². The number of nitrogens with one attached hydrogen (secondary N) is 1. The predicted molar refractivity (Wildman–Crippen MR) is 86.1 cm³/mol. The van der Waals surface area contributed by atoms with Crippen molar-refractivity contribution in [3.05, 3.63) is 65.7 Å². The number of amides is 1. The molecule has 0 saturated heterocycles. The Morgan fingerprint density at radius 1 is 1.05 bits per heavy atom. The van der Waals surface area contributed by atoms with Crippen LogP contribution in [0, 0.1) is 0 Å². The largest absolute Gasteiger partial charge is 0.483 e. The number of carbonyl (C=O) groups excluding carboxylic acids is 1. The van der Waals surface area contributed by atoms with Crippen molar-refractivity contribution < 1.29 is 14.3 Å². The maximum Gasteiger partial charge on any atom is 0.258 e. The number of ether oxygens (including phenoxy) is 2. The van der Waals surface area contributed by atoms with Crippen LogP contribution in [0.5, 0.6) is 5.75 Å². The van der Waals surface area contributed by atoms with E-state index in [2.05, 4.69) is 17.4 Å². The molecule has 116 valence electrons. The van der Waals surface area contributed by atoms with Crippen LogP contribution in [-0.4, -0.2) is 32.8 Å². The van der Waals surface area contributed by atoms with Crippen LogP contribution >= 0.6 is 0 Å². The van der Waals surface area contributed by atoms with Crippen molar-refractivity contribution >= 4 is 5.91 Å². The summed E-state index contributed by atoms with van der Waals surface area (Å²) in [6.07, 6.45) is 0.780. The van der Waals surface area contributed by atoms with Gasteiger partial charge in [0, 0.05) is 20.1 Å². The fourth-order valence-corrected chi connectivity index (χ4v) is 2.09. The molecule has 4 heteroatoms. The molecule has 4 nitrogen and oxygen atoms in total. The van der Waals surface area contributed by atoms with Crippen LogP contribution in [0.2, 0.25) is 0 Å². The summed E-state index contributed by atoms with van der Waals surface area (Å²) in [5, 5.41) is 2.73. The van der Waals surface area contributed by atoms with E-state index in [4.69, 9.17) is 9.47 Å². The highest BCUT2D eigenvalue weighted by atomic mass is 16.5. The molecule has 0 fully saturated rings. The number of para-hydroxylation sites is 1. The van der Waals surface area contributed by atoms with Crippen LogP contribution in [-0.2, 0) is 16.0 Å². The quantitative estimate of drug-likeness (QED) is 0.762. The van der Waals surface area contributed by atoms with Crippen LogP contribution in [0.15, 0.2) is 54.6 Å². The molecule has 22 heavy (non-hydrogen) atoms. The average molecular weight is 299 g/mol. The smallest absolute Gasteiger partial charge is 0.258 e. The van der Waals surface area contributed by atoms with E-state index in [1.165, 1.54) is 5.56 Å². The zero-order valence-corrected chi connectivity index (χ0v) is 12.7. The van der Waals surface area contributed by atoms with E-state index >= 15 is 0 Å². The molecule has 0 aliphatic rings. The summed E-state index contributed by atoms with van der Waals surface area (Å²) in [5.41, 5.74) is 2.28. The number of hydrogen-bond donors (Lipinski definition) is 1. The molecule has 1 N–H and O–H groups in total. The molecule has 0 bridgehead atoms. The summed E-state index contributed by atoms with van der Waals surface area (Å²) in [5.74, 6) is 0.597. The lowest BCUT2D eigenvalue weighted by Gasteiger charge is -2.11. The molecule has 0 saturated carbocycles. The number of hydrogen-bond acceptors (Lipinski definition) is 3. The molecular formula is C18H21NO3. The molecule has 0 aliphatic carbocycles. The Hall–Kier alpha value is -2.33. The van der Waals surface area contributed by atoms with Gasteiger partial charge in [0.2, 0.25) is 0 Å². The summed E-state index contributed by atoms with van der Waals surface area (Å²) < 4.78 is 10.5. The van der Waals surface area contributed by atoms with Gasteiger partial charge in [-0.05, 0) is 17.2 Å². The van der Waals surface area contributed by atoms with Gasteiger partial charge in [0.1, 0.15) is 5.75 Å². The summed E-state index contributed by atoms with van der Waals surface area (Å²) in [6.45, 7) is 0.996. The highest BCUT2D eigenvalue weighted by Gasteiger charge is 2.07. The standard InChI is InChI=1S/C18H21NO3/c1-21-12-11-19-18(20)14-22-17-10-6-5-9-16(17)13-15-7-3-2-4-8-15/h2-10H,11-14H2,1H3,(H,19,20). The Kier molecular flexibility index (Phi) is 6.45. The first-order valence-corrected chi connectivity index (χ1v) is 7.30. The van der Waals surface area contributed by atoms with Gasteiger partial charge >= 0.3 is 0 Å². The number of benzene rings is 2. The van der Waals surface area contributed by atoms with Crippen molar-refractivity contribution in [1.29, 1.82) is 0 Å². The van der Waals surface area contributed by atoms with Gasteiger partial charge in [-0.1, -0.05) is 48.5 Å². The minimum atomic E-state index is -0.147. The fraction of sp³-hybridized carbons (Fsp3) is 0.278. The number of rotatable bonds is 8. The fourth-order valence-electron chi connectivity index (χ4n) is 2.09. The van der Waals surface area contributed by atoms with Gasteiger partial charge in [-0.3, -0.25) is 4.79 Å². The molecule has 2 rings (SSSR count). The van der Waals surface area contributed by atoms with Gasteiger partial charge in [-0.2, -0.15) is 0 Å². The minimum Gasteiger partial charge on any atom is -0.483 e. The van der Waals surface area contributed by atoms with Gasteiger partial charge in [0.25, 0.3) is 5.91 Å². The van der Waals surface area contributed by atoms with Crippen molar-refractivity contribution in [1.82, 2.24) is 5.32 Å². The monoisotopic (exact) mass is 299 g/mol. The zero-order valence-electron chi connectivity index (χ0n) is 12.7. The molecule has 0 unspecified atom stereocenters. The van der Waals surface area contributed by atoms with Crippen LogP contribution < -0.4 is 10.1 Å². The highest BCUT2D eigenvalue weighted by Crippen LogP contribution is 2.21. The van der Waals surface area contributed by atoms with Crippen LogP contribution in [0.4, 0.5) is 0 Å². The molecule has 0 spiro atoms. The molecule has 2 aromatic rings. The van der Waals surface area contributed by atoms with E-state index in [9.17, 15) is 4.79 Å². The zero-order chi connectivity index (χ0) is 15.6. The highest BCUT2D eigenvalue weighted by molar-refractivity contribution is 5.77. The lowest BCUT2D eigenvalue weighted by Crippen LogP contribution is -2.31. The van der Waals surface area contributed by atoms with Crippen LogP contribution in [0.25, 0.3) is 0 Å². The Balaban J connectivity index is 1.92. The normalized spacial score (nSPS) is 10.2. The Labute approximate surface area is 131 Å². The van der Waals surface area contributed by atoms with Gasteiger partial charge in [-0.25, -0.2) is 0 Å². The first-order chi connectivity index (χ1) is 10.8. The predicted octanol–water partition coefficient (Wildman–Crippen LogP) is 2.42. The molecule has 0 aliphatic heterocycles. The summed E-state index contributed by atoms with van der Waals surface area (Å²) >= 11 is 0. The van der Waals surface area contributed by atoms with E-state index in [1.807, 2.05) is 42.5 Å². The summed E-state index contributed by atoms with van der Waals surface area (Å²) in [7, 11) is 1.60. The van der Waals surface area contributed by atoms with Crippen molar-refractivity contribution in [2.24, 2.45) is 0 Å². The molecule has 0 atom stereocenters. The van der Waals surface area contributed by atoms with Gasteiger partial charge in [0.05, 0.1) is 6.61 Å². The average Bonchev–Trinajstić information content (AvgIpc) is 2.55. The minimum absolute atomic E-state index is 0.00944. The van der Waals surface area contributed by atoms with Gasteiger partial charge in [-0.15, -0.1) is 0 Å². The number of carbonyl (C=O) groups is 1. The molecule has 1 amide bonds. The summed E-state index contributed by atoms with van der Waals surface area (Å²) in [4.78, 5) is 11.7. The van der Waals surface area contributed by atoms with E-state index < -0.39 is 0 Å². The van der Waals surface area contributed by atoms with E-state index in [-0.39, 0.29) is 12.5 Å². The van der Waals surface area contributed by atoms with Crippen LogP contribution in [0.1, 0.15) is 11.1 Å². The third-order valence-corrected chi connectivity index (χ3v) is 3.20. The lowest BCUT2D eigenvalue weighted by atomic mass is 10.0. The van der Waals surface area contributed by atoms with Crippen molar-refractivity contribution in [2.75, 3.05) is 26.9 Å². The van der Waals surface area contributed by atoms with Crippen molar-refractivity contribution in [3.8, 4) is 5.75 Å². The van der Waals surface area contributed by atoms with Crippen LogP contribution in [0.3, 0.4) is 0 Å². The van der Waals surface area contributed by atoms with E-state index in [0.29, 0.717) is 13.2 Å². The van der Waals surface area contributed by atoms with Gasteiger partial charge in [0.15, 0.2) is 6.61 Å². The Morgan fingerprint density at radius 2 is 1.77 bits per heavy atom. The van der Waals surface area contributed by atoms with E-state index in [1.54, 1.807) is 7.11 Å². The molecule has 0 heterocycles. The first-order valence-electron chi connectivity index (χ1n) is 7.30. The maximum atomic E-state index is 11.7. The second-order valence-electron chi connectivity index (χ2n) is 4.90. The number of methoxy groups -OCH3 is 1.